The van der Waals surface area contributed by atoms with Gasteiger partial charge in [-0.15, -0.1) is 23.1 Å². The SMILES string of the molecule is CSc1sc(CNC[C@H]2CC[C@@H](Nc3nc(N(C)C)c4ccccc4n3)CC2)c(Cl)c1S(=O)(=O)C(C)C. The molecule has 0 radical (unpaired) electrons. The Balaban J connectivity index is 1.32. The van der Waals surface area contributed by atoms with E-state index in [0.29, 0.717) is 34.4 Å². The van der Waals surface area contributed by atoms with Gasteiger partial charge in [-0.05, 0) is 70.4 Å². The molecule has 3 aromatic rings. The van der Waals surface area contributed by atoms with Crippen molar-refractivity contribution in [2.75, 3.05) is 37.1 Å². The van der Waals surface area contributed by atoms with E-state index in [0.717, 1.165) is 58.0 Å². The van der Waals surface area contributed by atoms with Crippen LogP contribution in [0.25, 0.3) is 10.9 Å². The average Bonchev–Trinajstić information content (AvgIpc) is 3.20. The summed E-state index contributed by atoms with van der Waals surface area (Å²) in [6.07, 6.45) is 6.25. The average molecular weight is 582 g/mol. The number of rotatable bonds is 10. The van der Waals surface area contributed by atoms with E-state index in [4.69, 9.17) is 21.6 Å². The highest BCUT2D eigenvalue weighted by atomic mass is 35.5. The van der Waals surface area contributed by atoms with Crippen molar-refractivity contribution in [1.82, 2.24) is 15.3 Å². The summed E-state index contributed by atoms with van der Waals surface area (Å²) >= 11 is 9.51. The summed E-state index contributed by atoms with van der Waals surface area (Å²) in [5, 5.41) is 8.05. The second-order valence-corrected chi connectivity index (χ2v) is 15.0. The minimum Gasteiger partial charge on any atom is -0.362 e. The lowest BCUT2D eigenvalue weighted by Gasteiger charge is -2.29. The molecule has 4 rings (SSSR count). The fraction of sp³-hybridized carbons (Fsp3) is 0.538. The number of nitrogens with zero attached hydrogens (tertiary/aromatic N) is 3. The van der Waals surface area contributed by atoms with Gasteiger partial charge in [-0.25, -0.2) is 13.4 Å². The minimum absolute atomic E-state index is 0.304. The fourth-order valence-corrected chi connectivity index (χ4v) is 9.32. The second-order valence-electron chi connectivity index (χ2n) is 10.0. The maximum atomic E-state index is 12.8. The molecule has 1 aromatic carbocycles. The van der Waals surface area contributed by atoms with E-state index < -0.39 is 15.1 Å². The van der Waals surface area contributed by atoms with Gasteiger partial charge in [0.2, 0.25) is 5.95 Å². The summed E-state index contributed by atoms with van der Waals surface area (Å²) in [5.74, 6) is 2.19. The molecule has 0 spiro atoms. The molecule has 202 valence electrons. The number of thioether (sulfide) groups is 1. The Morgan fingerprint density at radius 2 is 1.86 bits per heavy atom. The lowest BCUT2D eigenvalue weighted by molar-refractivity contribution is 0.324. The van der Waals surface area contributed by atoms with Gasteiger partial charge in [0.05, 0.1) is 20.0 Å². The molecule has 37 heavy (non-hydrogen) atoms. The molecule has 1 aliphatic carbocycles. The van der Waals surface area contributed by atoms with Crippen LogP contribution in [-0.2, 0) is 16.4 Å². The van der Waals surface area contributed by atoms with E-state index in [1.54, 1.807) is 13.8 Å². The van der Waals surface area contributed by atoms with Gasteiger partial charge >= 0.3 is 0 Å². The number of sulfone groups is 1. The lowest BCUT2D eigenvalue weighted by atomic mass is 9.86. The van der Waals surface area contributed by atoms with Crippen LogP contribution in [0, 0.1) is 5.92 Å². The normalized spacial score (nSPS) is 18.5. The van der Waals surface area contributed by atoms with Gasteiger partial charge in [-0.2, -0.15) is 4.98 Å². The molecule has 0 atom stereocenters. The van der Waals surface area contributed by atoms with Gasteiger partial charge in [-0.1, -0.05) is 23.7 Å². The number of para-hydroxylation sites is 1. The number of anilines is 2. The number of fused-ring (bicyclic) bond motifs is 1. The van der Waals surface area contributed by atoms with Crippen LogP contribution in [0.15, 0.2) is 33.4 Å². The van der Waals surface area contributed by atoms with E-state index in [9.17, 15) is 8.42 Å². The highest BCUT2D eigenvalue weighted by Crippen LogP contribution is 2.43. The highest BCUT2D eigenvalue weighted by Gasteiger charge is 2.30. The molecule has 1 saturated carbocycles. The van der Waals surface area contributed by atoms with Gasteiger partial charge in [0.25, 0.3) is 0 Å². The Kier molecular flexibility index (Phi) is 9.27. The zero-order valence-electron chi connectivity index (χ0n) is 22.0. The first-order chi connectivity index (χ1) is 17.6. The van der Waals surface area contributed by atoms with E-state index in [1.165, 1.54) is 23.1 Å². The zero-order valence-corrected chi connectivity index (χ0v) is 25.3. The number of hydrogen-bond acceptors (Lipinski definition) is 9. The number of thiophene rings is 1. The van der Waals surface area contributed by atoms with Crippen LogP contribution in [0.2, 0.25) is 5.02 Å². The molecule has 1 fully saturated rings. The van der Waals surface area contributed by atoms with Gasteiger partial charge in [0.1, 0.15) is 10.7 Å². The molecule has 7 nitrogen and oxygen atoms in total. The summed E-state index contributed by atoms with van der Waals surface area (Å²) in [6.45, 7) is 4.87. The van der Waals surface area contributed by atoms with Crippen LogP contribution in [-0.4, -0.2) is 56.6 Å². The number of nitrogens with one attached hydrogen (secondary N) is 2. The van der Waals surface area contributed by atoms with Crippen LogP contribution in [0.4, 0.5) is 11.8 Å². The molecular weight excluding hydrogens is 546 g/mol. The first-order valence-electron chi connectivity index (χ1n) is 12.6. The first kappa shape index (κ1) is 28.4. The molecule has 2 heterocycles. The minimum atomic E-state index is -3.42. The maximum Gasteiger partial charge on any atom is 0.225 e. The van der Waals surface area contributed by atoms with Crippen molar-refractivity contribution in [2.24, 2.45) is 5.92 Å². The smallest absolute Gasteiger partial charge is 0.225 e. The molecule has 0 bridgehead atoms. The maximum absolute atomic E-state index is 12.8. The second kappa shape index (κ2) is 12.1. The number of aromatic nitrogens is 2. The monoisotopic (exact) mass is 581 g/mol. The number of benzene rings is 1. The summed E-state index contributed by atoms with van der Waals surface area (Å²) in [6, 6.07) is 8.46. The van der Waals surface area contributed by atoms with Crippen molar-refractivity contribution < 1.29 is 8.42 Å². The zero-order chi connectivity index (χ0) is 26.7. The van der Waals surface area contributed by atoms with Gasteiger partial charge in [0, 0.05) is 36.9 Å². The largest absolute Gasteiger partial charge is 0.362 e. The van der Waals surface area contributed by atoms with E-state index in [2.05, 4.69) is 16.7 Å². The summed E-state index contributed by atoms with van der Waals surface area (Å²) < 4.78 is 26.4. The van der Waals surface area contributed by atoms with E-state index in [-0.39, 0.29) is 0 Å². The van der Waals surface area contributed by atoms with E-state index in [1.807, 2.05) is 43.5 Å². The van der Waals surface area contributed by atoms with E-state index >= 15 is 0 Å². The number of hydrogen-bond donors (Lipinski definition) is 2. The highest BCUT2D eigenvalue weighted by molar-refractivity contribution is 8.01. The Hall–Kier alpha value is -1.59. The van der Waals surface area contributed by atoms with Crippen LogP contribution in [0.1, 0.15) is 44.4 Å². The predicted octanol–water partition coefficient (Wildman–Crippen LogP) is 6.08. The van der Waals surface area contributed by atoms with Crippen molar-refractivity contribution >= 4 is 67.2 Å². The third kappa shape index (κ3) is 6.36. The van der Waals surface area contributed by atoms with Gasteiger partial charge in [-0.3, -0.25) is 0 Å². The van der Waals surface area contributed by atoms with Crippen molar-refractivity contribution in [1.29, 1.82) is 0 Å². The molecule has 2 aromatic heterocycles. The van der Waals surface area contributed by atoms with Crippen LogP contribution < -0.4 is 15.5 Å². The topological polar surface area (TPSA) is 87.2 Å². The van der Waals surface area contributed by atoms with Crippen molar-refractivity contribution in [2.45, 2.75) is 66.5 Å². The molecule has 1 aliphatic rings. The van der Waals surface area contributed by atoms with Crippen molar-refractivity contribution in [3.63, 3.8) is 0 Å². The Bertz CT molecular complexity index is 1340. The Morgan fingerprint density at radius 3 is 2.51 bits per heavy atom. The Labute approximate surface area is 233 Å². The van der Waals surface area contributed by atoms with Crippen molar-refractivity contribution in [3.05, 3.63) is 34.2 Å². The van der Waals surface area contributed by atoms with Gasteiger partial charge < -0.3 is 15.5 Å². The van der Waals surface area contributed by atoms with Gasteiger partial charge in [0.15, 0.2) is 9.84 Å². The molecule has 2 N–H and O–H groups in total. The number of halogens is 1. The first-order valence-corrected chi connectivity index (χ1v) is 16.6. The fourth-order valence-electron chi connectivity index (χ4n) is 4.69. The van der Waals surface area contributed by atoms with Crippen molar-refractivity contribution in [3.8, 4) is 0 Å². The summed E-state index contributed by atoms with van der Waals surface area (Å²) in [5.41, 5.74) is 0.947. The predicted molar refractivity (Wildman–Crippen MR) is 158 cm³/mol. The van der Waals surface area contributed by atoms with Crippen LogP contribution in [0.3, 0.4) is 0 Å². The third-order valence-electron chi connectivity index (χ3n) is 6.84. The lowest BCUT2D eigenvalue weighted by Crippen LogP contribution is -2.31. The van der Waals surface area contributed by atoms with Crippen LogP contribution >= 0.6 is 34.7 Å². The summed E-state index contributed by atoms with van der Waals surface area (Å²) in [4.78, 5) is 12.8. The molecule has 11 heteroatoms. The molecule has 0 saturated heterocycles. The quantitative estimate of drug-likeness (QED) is 0.279. The molecule has 0 unspecified atom stereocenters. The standard InChI is InChI=1S/C26H36ClN5O2S3/c1-16(2)37(33,34)23-22(27)21(36-25(23)35-5)15-28-14-17-10-12-18(13-11-17)29-26-30-20-9-7-6-8-19(20)24(31-26)32(3)4/h6-9,16-18,28H,10-15H2,1-5H3,(H,29,30,31)/t17-,18+. The molecule has 0 aliphatic heterocycles. The Morgan fingerprint density at radius 1 is 1.16 bits per heavy atom. The molecule has 0 amide bonds. The molecular formula is C26H36ClN5O2S3. The summed E-state index contributed by atoms with van der Waals surface area (Å²) in [7, 11) is 0.595. The third-order valence-corrected chi connectivity index (χ3v) is 12.3. The van der Waals surface area contributed by atoms with Crippen LogP contribution in [0.5, 0.6) is 0 Å².